The van der Waals surface area contributed by atoms with Crippen LogP contribution in [0.2, 0.25) is 0 Å². The van der Waals surface area contributed by atoms with Crippen molar-refractivity contribution in [2.75, 3.05) is 0 Å². The van der Waals surface area contributed by atoms with Gasteiger partial charge in [0.25, 0.3) is 5.91 Å². The van der Waals surface area contributed by atoms with E-state index < -0.39 is 15.9 Å². The van der Waals surface area contributed by atoms with Crippen LogP contribution < -0.4 is 5.32 Å². The highest BCUT2D eigenvalue weighted by Gasteiger charge is 2.32. The molecule has 0 bridgehead atoms. The van der Waals surface area contributed by atoms with Gasteiger partial charge in [-0.2, -0.15) is 0 Å². The van der Waals surface area contributed by atoms with Crippen molar-refractivity contribution in [1.29, 1.82) is 0 Å². The van der Waals surface area contributed by atoms with Gasteiger partial charge in [-0.05, 0) is 25.1 Å². The third-order valence-corrected chi connectivity index (χ3v) is 3.49. The number of nitrogens with one attached hydrogen (secondary N) is 1. The number of aliphatic hydroxyl groups excluding tert-OH is 1. The van der Waals surface area contributed by atoms with Gasteiger partial charge in [-0.3, -0.25) is 4.79 Å². The van der Waals surface area contributed by atoms with Crippen LogP contribution >= 0.6 is 34.8 Å². The average Bonchev–Trinajstić information content (AvgIpc) is 2.46. The standard InChI is InChI=1S/C15H13Cl3N2O2/c1-9-4-2-5-10(8-9)11-6-3-7-12(19-11)13(21)20-14(22)15(16,17)18/h2-8,14,22H,1H3,(H,20,21). The predicted molar refractivity (Wildman–Crippen MR) is 88.2 cm³/mol. The van der Waals surface area contributed by atoms with Crippen molar-refractivity contribution >= 4 is 40.7 Å². The number of aryl methyl sites for hydroxylation is 1. The minimum absolute atomic E-state index is 0.118. The van der Waals surface area contributed by atoms with Gasteiger partial charge in [-0.15, -0.1) is 0 Å². The summed E-state index contributed by atoms with van der Waals surface area (Å²) < 4.78 is -2.01. The van der Waals surface area contributed by atoms with Gasteiger partial charge in [-0.1, -0.05) is 64.6 Å². The number of aliphatic hydroxyl groups is 1. The lowest BCUT2D eigenvalue weighted by Crippen LogP contribution is -2.43. The number of pyridine rings is 1. The normalized spacial score (nSPS) is 12.8. The second-order valence-electron chi connectivity index (χ2n) is 4.70. The summed E-state index contributed by atoms with van der Waals surface area (Å²) in [6.45, 7) is 1.97. The number of carbonyl (C=O) groups is 1. The number of carbonyl (C=O) groups excluding carboxylic acids is 1. The van der Waals surface area contributed by atoms with Crippen LogP contribution in [0.5, 0.6) is 0 Å². The van der Waals surface area contributed by atoms with E-state index in [0.29, 0.717) is 5.69 Å². The second kappa shape index (κ2) is 6.84. The fraction of sp³-hybridized carbons (Fsp3) is 0.200. The lowest BCUT2D eigenvalue weighted by Gasteiger charge is -2.19. The monoisotopic (exact) mass is 358 g/mol. The molecule has 0 saturated carbocycles. The second-order valence-corrected chi connectivity index (χ2v) is 7.06. The fourth-order valence-corrected chi connectivity index (χ4v) is 1.97. The zero-order valence-corrected chi connectivity index (χ0v) is 13.8. The Bertz CT molecular complexity index is 686. The Labute approximate surface area is 143 Å². The third-order valence-electron chi connectivity index (χ3n) is 2.87. The number of nitrogens with zero attached hydrogens (tertiary/aromatic N) is 1. The van der Waals surface area contributed by atoms with Crippen molar-refractivity contribution in [1.82, 2.24) is 10.3 Å². The molecule has 7 heteroatoms. The quantitative estimate of drug-likeness (QED) is 0.651. The van der Waals surface area contributed by atoms with E-state index in [-0.39, 0.29) is 5.69 Å². The molecule has 2 aromatic rings. The lowest BCUT2D eigenvalue weighted by atomic mass is 10.1. The molecule has 2 N–H and O–H groups in total. The number of hydrogen-bond acceptors (Lipinski definition) is 3. The van der Waals surface area contributed by atoms with E-state index in [0.717, 1.165) is 11.1 Å². The molecule has 2 rings (SSSR count). The summed E-state index contributed by atoms with van der Waals surface area (Å²) in [5.41, 5.74) is 2.73. The van der Waals surface area contributed by atoms with Crippen LogP contribution in [0.25, 0.3) is 11.3 Å². The fourth-order valence-electron chi connectivity index (χ4n) is 1.81. The summed E-state index contributed by atoms with van der Waals surface area (Å²) >= 11 is 16.5. The van der Waals surface area contributed by atoms with E-state index in [2.05, 4.69) is 10.3 Å². The zero-order valence-electron chi connectivity index (χ0n) is 11.6. The Morgan fingerprint density at radius 2 is 1.91 bits per heavy atom. The summed E-state index contributed by atoms with van der Waals surface area (Å²) in [4.78, 5) is 16.3. The SMILES string of the molecule is Cc1cccc(-c2cccc(C(=O)NC(O)C(Cl)(Cl)Cl)n2)c1. The number of rotatable bonds is 3. The van der Waals surface area contributed by atoms with Gasteiger partial charge in [0.15, 0.2) is 6.23 Å². The molecule has 1 aromatic carbocycles. The van der Waals surface area contributed by atoms with E-state index in [1.807, 2.05) is 31.2 Å². The molecule has 4 nitrogen and oxygen atoms in total. The molecular weight excluding hydrogens is 347 g/mol. The third kappa shape index (κ3) is 4.34. The number of alkyl halides is 3. The first-order valence-corrected chi connectivity index (χ1v) is 7.50. The number of halogens is 3. The van der Waals surface area contributed by atoms with Gasteiger partial charge in [-0.25, -0.2) is 4.98 Å². The van der Waals surface area contributed by atoms with Crippen LogP contribution in [0, 0.1) is 6.92 Å². The summed E-state index contributed by atoms with van der Waals surface area (Å²) in [5, 5.41) is 11.8. The lowest BCUT2D eigenvalue weighted by molar-refractivity contribution is 0.0787. The highest BCUT2D eigenvalue weighted by Crippen LogP contribution is 2.29. The summed E-state index contributed by atoms with van der Waals surface area (Å²) in [5.74, 6) is -0.631. The first-order valence-electron chi connectivity index (χ1n) is 6.37. The Kier molecular flexibility index (Phi) is 5.29. The van der Waals surface area contributed by atoms with Gasteiger partial charge in [0, 0.05) is 5.56 Å². The molecule has 0 radical (unpaired) electrons. The topological polar surface area (TPSA) is 62.2 Å². The molecule has 0 aliphatic carbocycles. The van der Waals surface area contributed by atoms with Gasteiger partial charge in [0.2, 0.25) is 3.79 Å². The Morgan fingerprint density at radius 1 is 1.23 bits per heavy atom. The molecule has 1 aromatic heterocycles. The Hall–Kier alpha value is -1.33. The van der Waals surface area contributed by atoms with E-state index >= 15 is 0 Å². The van der Waals surface area contributed by atoms with Crippen LogP contribution in [0.3, 0.4) is 0 Å². The van der Waals surface area contributed by atoms with E-state index in [1.54, 1.807) is 12.1 Å². The smallest absolute Gasteiger partial charge is 0.271 e. The van der Waals surface area contributed by atoms with Crippen molar-refractivity contribution < 1.29 is 9.90 Å². The zero-order chi connectivity index (χ0) is 16.3. The van der Waals surface area contributed by atoms with Crippen molar-refractivity contribution in [3.63, 3.8) is 0 Å². The van der Waals surface area contributed by atoms with Crippen molar-refractivity contribution in [3.05, 3.63) is 53.7 Å². The van der Waals surface area contributed by atoms with Crippen LogP contribution in [0.1, 0.15) is 16.1 Å². The van der Waals surface area contributed by atoms with Crippen LogP contribution in [-0.4, -0.2) is 26.0 Å². The number of hydrogen-bond donors (Lipinski definition) is 2. The molecule has 116 valence electrons. The summed E-state index contributed by atoms with van der Waals surface area (Å²) in [7, 11) is 0. The first kappa shape index (κ1) is 17.0. The summed E-state index contributed by atoms with van der Waals surface area (Å²) in [6.07, 6.45) is -1.63. The van der Waals surface area contributed by atoms with Crippen LogP contribution in [-0.2, 0) is 0 Å². The summed E-state index contributed by atoms with van der Waals surface area (Å²) in [6, 6.07) is 12.7. The van der Waals surface area contributed by atoms with E-state index in [1.165, 1.54) is 6.07 Å². The van der Waals surface area contributed by atoms with Gasteiger partial charge in [0.1, 0.15) is 5.69 Å². The molecule has 0 spiro atoms. The number of benzene rings is 1. The highest BCUT2D eigenvalue weighted by atomic mass is 35.6. The maximum atomic E-state index is 12.0. The van der Waals surface area contributed by atoms with Gasteiger partial charge >= 0.3 is 0 Å². The average molecular weight is 360 g/mol. The number of aromatic nitrogens is 1. The predicted octanol–water partition coefficient (Wildman–Crippen LogP) is 3.48. The Balaban J connectivity index is 2.23. The molecule has 0 aliphatic heterocycles. The largest absolute Gasteiger partial charge is 0.369 e. The molecular formula is C15H13Cl3N2O2. The van der Waals surface area contributed by atoms with Crippen molar-refractivity contribution in [2.24, 2.45) is 0 Å². The molecule has 0 aliphatic rings. The maximum Gasteiger partial charge on any atom is 0.271 e. The Morgan fingerprint density at radius 3 is 2.55 bits per heavy atom. The van der Waals surface area contributed by atoms with Crippen LogP contribution in [0.15, 0.2) is 42.5 Å². The molecule has 0 saturated heterocycles. The van der Waals surface area contributed by atoms with E-state index in [9.17, 15) is 9.90 Å². The van der Waals surface area contributed by atoms with Gasteiger partial charge in [0.05, 0.1) is 5.69 Å². The van der Waals surface area contributed by atoms with Crippen molar-refractivity contribution in [3.8, 4) is 11.3 Å². The van der Waals surface area contributed by atoms with Crippen LogP contribution in [0.4, 0.5) is 0 Å². The van der Waals surface area contributed by atoms with Gasteiger partial charge < -0.3 is 10.4 Å². The van der Waals surface area contributed by atoms with E-state index in [4.69, 9.17) is 34.8 Å². The molecule has 22 heavy (non-hydrogen) atoms. The van der Waals surface area contributed by atoms with Crippen molar-refractivity contribution in [2.45, 2.75) is 16.9 Å². The highest BCUT2D eigenvalue weighted by molar-refractivity contribution is 6.68. The molecule has 1 unspecified atom stereocenters. The first-order chi connectivity index (χ1) is 10.3. The molecule has 1 atom stereocenters. The molecule has 1 heterocycles. The number of amides is 1. The molecule has 0 fully saturated rings. The minimum atomic E-state index is -2.01. The maximum absolute atomic E-state index is 12.0. The minimum Gasteiger partial charge on any atom is -0.369 e. The molecule has 1 amide bonds.